The number of amides is 1. The fourth-order valence-corrected chi connectivity index (χ4v) is 2.21. The number of likely N-dealkylation sites (N-methyl/N-ethyl adjacent to an activating group) is 1. The SMILES string of the molecule is Cc1ccc(OCC(=O)N(C)Cc2ccc(Cl)c(Cl)c2)cc1. The summed E-state index contributed by atoms with van der Waals surface area (Å²) in [4.78, 5) is 13.7. The summed E-state index contributed by atoms with van der Waals surface area (Å²) < 4.78 is 5.49. The molecule has 2 aromatic carbocycles. The first-order valence-corrected chi connectivity index (χ1v) is 7.58. The second-order valence-electron chi connectivity index (χ2n) is 5.10. The summed E-state index contributed by atoms with van der Waals surface area (Å²) in [6, 6.07) is 12.9. The number of nitrogens with zero attached hydrogens (tertiary/aromatic N) is 1. The normalized spacial score (nSPS) is 10.4. The minimum Gasteiger partial charge on any atom is -0.484 e. The number of hydrogen-bond acceptors (Lipinski definition) is 2. The van der Waals surface area contributed by atoms with E-state index in [4.69, 9.17) is 27.9 Å². The Bertz CT molecular complexity index is 656. The van der Waals surface area contributed by atoms with Gasteiger partial charge in [0.15, 0.2) is 6.61 Å². The van der Waals surface area contributed by atoms with Gasteiger partial charge in [0.1, 0.15) is 5.75 Å². The predicted molar refractivity (Wildman–Crippen MR) is 89.6 cm³/mol. The van der Waals surface area contributed by atoms with E-state index < -0.39 is 0 Å². The van der Waals surface area contributed by atoms with E-state index in [1.165, 1.54) is 0 Å². The number of ether oxygens (including phenoxy) is 1. The Balaban J connectivity index is 1.88. The van der Waals surface area contributed by atoms with Crippen LogP contribution in [0.5, 0.6) is 5.75 Å². The zero-order chi connectivity index (χ0) is 16.1. The largest absolute Gasteiger partial charge is 0.484 e. The molecule has 0 heterocycles. The molecule has 22 heavy (non-hydrogen) atoms. The van der Waals surface area contributed by atoms with Gasteiger partial charge in [0.2, 0.25) is 0 Å². The van der Waals surface area contributed by atoms with Crippen molar-refractivity contribution in [3.05, 3.63) is 63.6 Å². The summed E-state index contributed by atoms with van der Waals surface area (Å²) in [6.07, 6.45) is 0. The lowest BCUT2D eigenvalue weighted by Crippen LogP contribution is -2.30. The molecule has 0 saturated carbocycles. The maximum absolute atomic E-state index is 12.1. The lowest BCUT2D eigenvalue weighted by Gasteiger charge is -2.18. The first kappa shape index (κ1) is 16.7. The van der Waals surface area contributed by atoms with Gasteiger partial charge < -0.3 is 9.64 Å². The first-order valence-electron chi connectivity index (χ1n) is 6.83. The van der Waals surface area contributed by atoms with Crippen molar-refractivity contribution in [1.82, 2.24) is 4.90 Å². The van der Waals surface area contributed by atoms with E-state index in [1.807, 2.05) is 37.3 Å². The van der Waals surface area contributed by atoms with Crippen molar-refractivity contribution in [1.29, 1.82) is 0 Å². The standard InChI is InChI=1S/C17H17Cl2NO2/c1-12-3-6-14(7-4-12)22-11-17(21)20(2)10-13-5-8-15(18)16(19)9-13/h3-9H,10-11H2,1-2H3. The van der Waals surface area contributed by atoms with Crippen LogP contribution in [0, 0.1) is 6.92 Å². The summed E-state index contributed by atoms with van der Waals surface area (Å²) >= 11 is 11.8. The molecule has 3 nitrogen and oxygen atoms in total. The molecule has 0 spiro atoms. The van der Waals surface area contributed by atoms with Crippen molar-refractivity contribution in [2.24, 2.45) is 0 Å². The van der Waals surface area contributed by atoms with Gasteiger partial charge in [-0.15, -0.1) is 0 Å². The number of benzene rings is 2. The highest BCUT2D eigenvalue weighted by molar-refractivity contribution is 6.42. The Hall–Kier alpha value is -1.71. The summed E-state index contributed by atoms with van der Waals surface area (Å²) in [5.74, 6) is 0.577. The number of aryl methyl sites for hydroxylation is 1. The minimum atomic E-state index is -0.105. The third-order valence-corrected chi connectivity index (χ3v) is 3.95. The molecule has 0 aliphatic carbocycles. The van der Waals surface area contributed by atoms with E-state index in [9.17, 15) is 4.79 Å². The molecule has 0 fully saturated rings. The molecule has 0 atom stereocenters. The Morgan fingerprint density at radius 2 is 1.77 bits per heavy atom. The molecular formula is C17H17Cl2NO2. The number of hydrogen-bond donors (Lipinski definition) is 0. The van der Waals surface area contributed by atoms with Crippen LogP contribution >= 0.6 is 23.2 Å². The van der Waals surface area contributed by atoms with Gasteiger partial charge >= 0.3 is 0 Å². The van der Waals surface area contributed by atoms with Crippen LogP contribution in [0.1, 0.15) is 11.1 Å². The van der Waals surface area contributed by atoms with Gasteiger partial charge in [-0.1, -0.05) is 47.0 Å². The van der Waals surface area contributed by atoms with E-state index >= 15 is 0 Å². The molecule has 0 aliphatic rings. The van der Waals surface area contributed by atoms with Crippen LogP contribution in [0.4, 0.5) is 0 Å². The summed E-state index contributed by atoms with van der Waals surface area (Å²) in [7, 11) is 1.73. The molecule has 2 rings (SSSR count). The van der Waals surface area contributed by atoms with E-state index in [1.54, 1.807) is 24.1 Å². The van der Waals surface area contributed by atoms with Crippen molar-refractivity contribution in [2.45, 2.75) is 13.5 Å². The lowest BCUT2D eigenvalue weighted by molar-refractivity contribution is -0.132. The predicted octanol–water partition coefficient (Wildman–Crippen LogP) is 4.34. The highest BCUT2D eigenvalue weighted by atomic mass is 35.5. The molecule has 2 aromatic rings. The molecule has 0 N–H and O–H groups in total. The Kier molecular flexibility index (Phi) is 5.69. The average molecular weight is 338 g/mol. The van der Waals surface area contributed by atoms with Gasteiger partial charge in [-0.25, -0.2) is 0 Å². The van der Waals surface area contributed by atoms with Gasteiger partial charge in [0.05, 0.1) is 10.0 Å². The zero-order valence-electron chi connectivity index (χ0n) is 12.5. The van der Waals surface area contributed by atoms with Crippen LogP contribution in [0.3, 0.4) is 0 Å². The maximum atomic E-state index is 12.1. The summed E-state index contributed by atoms with van der Waals surface area (Å²) in [5, 5.41) is 0.984. The number of carbonyl (C=O) groups is 1. The lowest BCUT2D eigenvalue weighted by atomic mass is 10.2. The average Bonchev–Trinajstić information content (AvgIpc) is 2.50. The molecule has 0 saturated heterocycles. The van der Waals surface area contributed by atoms with Crippen molar-refractivity contribution < 1.29 is 9.53 Å². The monoisotopic (exact) mass is 337 g/mol. The Morgan fingerprint density at radius 3 is 2.41 bits per heavy atom. The summed E-state index contributed by atoms with van der Waals surface area (Å²) in [6.45, 7) is 2.45. The summed E-state index contributed by atoms with van der Waals surface area (Å²) in [5.41, 5.74) is 2.07. The minimum absolute atomic E-state index is 0.000876. The van der Waals surface area contributed by atoms with Crippen molar-refractivity contribution in [3.63, 3.8) is 0 Å². The van der Waals surface area contributed by atoms with Crippen LogP contribution in [0.2, 0.25) is 10.0 Å². The Morgan fingerprint density at radius 1 is 1.09 bits per heavy atom. The third-order valence-electron chi connectivity index (χ3n) is 3.21. The number of halogens is 2. The van der Waals surface area contributed by atoms with Gasteiger partial charge in [-0.2, -0.15) is 0 Å². The van der Waals surface area contributed by atoms with E-state index in [0.29, 0.717) is 22.3 Å². The van der Waals surface area contributed by atoms with Gasteiger partial charge in [0, 0.05) is 13.6 Å². The van der Waals surface area contributed by atoms with Crippen LogP contribution < -0.4 is 4.74 Å². The van der Waals surface area contributed by atoms with Gasteiger partial charge in [-0.3, -0.25) is 4.79 Å². The fraction of sp³-hybridized carbons (Fsp3) is 0.235. The molecule has 0 unspecified atom stereocenters. The number of carbonyl (C=O) groups excluding carboxylic acids is 1. The van der Waals surface area contributed by atoms with Crippen LogP contribution in [-0.4, -0.2) is 24.5 Å². The highest BCUT2D eigenvalue weighted by Crippen LogP contribution is 2.23. The smallest absolute Gasteiger partial charge is 0.260 e. The second-order valence-corrected chi connectivity index (χ2v) is 5.91. The molecule has 0 aliphatic heterocycles. The third kappa shape index (κ3) is 4.65. The first-order chi connectivity index (χ1) is 10.5. The second kappa shape index (κ2) is 7.52. The van der Waals surface area contributed by atoms with E-state index in [2.05, 4.69) is 0 Å². The van der Waals surface area contributed by atoms with Gasteiger partial charge in [-0.05, 0) is 36.8 Å². The van der Waals surface area contributed by atoms with Crippen LogP contribution in [0.25, 0.3) is 0 Å². The number of rotatable bonds is 5. The molecular weight excluding hydrogens is 321 g/mol. The Labute approximate surface area is 140 Å². The molecule has 0 aromatic heterocycles. The van der Waals surface area contributed by atoms with Crippen LogP contribution in [-0.2, 0) is 11.3 Å². The molecule has 0 bridgehead atoms. The zero-order valence-corrected chi connectivity index (χ0v) is 14.0. The highest BCUT2D eigenvalue weighted by Gasteiger charge is 2.11. The quantitative estimate of drug-likeness (QED) is 0.812. The molecule has 0 radical (unpaired) electrons. The maximum Gasteiger partial charge on any atom is 0.260 e. The van der Waals surface area contributed by atoms with E-state index in [0.717, 1.165) is 11.1 Å². The van der Waals surface area contributed by atoms with Crippen molar-refractivity contribution in [3.8, 4) is 5.75 Å². The van der Waals surface area contributed by atoms with E-state index in [-0.39, 0.29) is 12.5 Å². The van der Waals surface area contributed by atoms with Crippen molar-refractivity contribution in [2.75, 3.05) is 13.7 Å². The molecule has 5 heteroatoms. The van der Waals surface area contributed by atoms with Crippen molar-refractivity contribution >= 4 is 29.1 Å². The fourth-order valence-electron chi connectivity index (χ4n) is 1.89. The van der Waals surface area contributed by atoms with Gasteiger partial charge in [0.25, 0.3) is 5.91 Å². The van der Waals surface area contributed by atoms with Crippen LogP contribution in [0.15, 0.2) is 42.5 Å². The topological polar surface area (TPSA) is 29.5 Å². The molecule has 1 amide bonds. The molecule has 116 valence electrons.